The van der Waals surface area contributed by atoms with Crippen molar-refractivity contribution in [2.24, 2.45) is 0 Å². The van der Waals surface area contributed by atoms with Crippen LogP contribution in [0.2, 0.25) is 5.02 Å². The third kappa shape index (κ3) is 6.67. The number of hydrogen-bond donors (Lipinski definition) is 2. The lowest BCUT2D eigenvalue weighted by atomic mass is 10.0. The third-order valence-electron chi connectivity index (χ3n) is 4.84. The van der Waals surface area contributed by atoms with Crippen molar-refractivity contribution in [1.29, 1.82) is 0 Å². The van der Waals surface area contributed by atoms with E-state index >= 15 is 0 Å². The molecule has 11 heteroatoms. The van der Waals surface area contributed by atoms with Crippen LogP contribution in [-0.2, 0) is 27.9 Å². The van der Waals surface area contributed by atoms with Crippen molar-refractivity contribution in [2.45, 2.75) is 18.9 Å². The Balaban J connectivity index is 1.54. The zero-order valence-corrected chi connectivity index (χ0v) is 20.0. The van der Waals surface area contributed by atoms with E-state index in [1.807, 2.05) is 28.3 Å². The first-order chi connectivity index (χ1) is 16.2. The number of rotatable bonds is 9. The van der Waals surface area contributed by atoms with E-state index in [-0.39, 0.29) is 18.0 Å². The Hall–Kier alpha value is -3.18. The van der Waals surface area contributed by atoms with Gasteiger partial charge in [0.2, 0.25) is 11.8 Å². The molecular weight excluding hydrogens is 498 g/mol. The molecular formula is C23H19ClN3O5S2-. The Morgan fingerprint density at radius 2 is 1.91 bits per heavy atom. The molecule has 2 N–H and O–H groups in total. The summed E-state index contributed by atoms with van der Waals surface area (Å²) in [5, 5.41) is 5.47. The summed E-state index contributed by atoms with van der Waals surface area (Å²) in [6.45, 7) is 0. The van der Waals surface area contributed by atoms with E-state index < -0.39 is 16.3 Å². The van der Waals surface area contributed by atoms with Crippen molar-refractivity contribution in [3.8, 4) is 10.8 Å². The standard InChI is InChI=1S/C23H20ClN3O5S2/c24-17-4-1-3-16(11-17)13-22(28)25-19(20-14-32-23(26-20)21-5-2-10-33-21)12-15-6-8-18(9-7-15)27-34(29,30)31/h1-11,14,19,27H,12-13H2,(H,25,28)(H,29,30,31)/p-1/t19-/m0/s1. The minimum Gasteiger partial charge on any atom is -0.731 e. The lowest BCUT2D eigenvalue weighted by Crippen LogP contribution is -2.31. The molecule has 34 heavy (non-hydrogen) atoms. The summed E-state index contributed by atoms with van der Waals surface area (Å²) in [7, 11) is -4.61. The number of amides is 1. The van der Waals surface area contributed by atoms with Gasteiger partial charge in [0.05, 0.1) is 17.3 Å². The number of carbonyl (C=O) groups is 1. The largest absolute Gasteiger partial charge is 0.731 e. The normalized spacial score (nSPS) is 12.3. The first-order valence-corrected chi connectivity index (χ1v) is 12.8. The Morgan fingerprint density at radius 1 is 1.12 bits per heavy atom. The van der Waals surface area contributed by atoms with Gasteiger partial charge in [-0.2, -0.15) is 0 Å². The summed E-state index contributed by atoms with van der Waals surface area (Å²) < 4.78 is 40.2. The fraction of sp³-hybridized carbons (Fsp3) is 0.130. The molecule has 2 heterocycles. The zero-order valence-electron chi connectivity index (χ0n) is 17.6. The first kappa shape index (κ1) is 24.0. The Bertz CT molecular complexity index is 1370. The monoisotopic (exact) mass is 516 g/mol. The van der Waals surface area contributed by atoms with Crippen molar-refractivity contribution in [1.82, 2.24) is 10.3 Å². The maximum Gasteiger partial charge on any atom is 0.236 e. The fourth-order valence-electron chi connectivity index (χ4n) is 3.36. The van der Waals surface area contributed by atoms with Gasteiger partial charge in [-0.15, -0.1) is 11.3 Å². The highest BCUT2D eigenvalue weighted by Gasteiger charge is 2.21. The Kier molecular flexibility index (Phi) is 7.32. The molecule has 0 aliphatic carbocycles. The van der Waals surface area contributed by atoms with Gasteiger partial charge in [-0.3, -0.25) is 9.52 Å². The minimum atomic E-state index is -4.61. The number of benzene rings is 2. The lowest BCUT2D eigenvalue weighted by Gasteiger charge is -2.17. The van der Waals surface area contributed by atoms with Crippen LogP contribution in [0.15, 0.2) is 76.7 Å². The zero-order chi connectivity index (χ0) is 24.1. The molecule has 4 aromatic rings. The van der Waals surface area contributed by atoms with E-state index in [0.29, 0.717) is 23.0 Å². The van der Waals surface area contributed by atoms with Gasteiger partial charge >= 0.3 is 0 Å². The highest BCUT2D eigenvalue weighted by atomic mass is 35.5. The maximum absolute atomic E-state index is 12.8. The number of halogens is 1. The van der Waals surface area contributed by atoms with E-state index in [0.717, 1.165) is 16.0 Å². The van der Waals surface area contributed by atoms with Gasteiger partial charge in [-0.1, -0.05) is 41.9 Å². The molecule has 2 aromatic heterocycles. The van der Waals surface area contributed by atoms with Gasteiger partial charge in [0, 0.05) is 10.7 Å². The number of nitrogens with zero attached hydrogens (tertiary/aromatic N) is 1. The lowest BCUT2D eigenvalue weighted by molar-refractivity contribution is -0.121. The number of hydrogen-bond acceptors (Lipinski definition) is 7. The van der Waals surface area contributed by atoms with Crippen LogP contribution in [0, 0.1) is 0 Å². The van der Waals surface area contributed by atoms with Crippen molar-refractivity contribution in [2.75, 3.05) is 4.72 Å². The molecule has 0 saturated carbocycles. The van der Waals surface area contributed by atoms with Crippen LogP contribution < -0.4 is 10.0 Å². The van der Waals surface area contributed by atoms with Crippen molar-refractivity contribution >= 4 is 44.8 Å². The van der Waals surface area contributed by atoms with Gasteiger partial charge in [0.1, 0.15) is 12.0 Å². The minimum absolute atomic E-state index is 0.136. The van der Waals surface area contributed by atoms with Crippen LogP contribution in [-0.4, -0.2) is 23.9 Å². The predicted octanol–water partition coefficient (Wildman–Crippen LogP) is 4.57. The molecule has 0 aliphatic heterocycles. The second-order valence-electron chi connectivity index (χ2n) is 7.44. The summed E-state index contributed by atoms with van der Waals surface area (Å²) in [5.41, 5.74) is 2.27. The number of aromatic nitrogens is 1. The smallest absolute Gasteiger partial charge is 0.236 e. The van der Waals surface area contributed by atoms with Crippen LogP contribution in [0.5, 0.6) is 0 Å². The van der Waals surface area contributed by atoms with Gasteiger partial charge in [0.25, 0.3) is 0 Å². The molecule has 8 nitrogen and oxygen atoms in total. The highest BCUT2D eigenvalue weighted by molar-refractivity contribution is 7.87. The van der Waals surface area contributed by atoms with Gasteiger partial charge < -0.3 is 14.3 Å². The van der Waals surface area contributed by atoms with E-state index in [2.05, 4.69) is 10.3 Å². The second kappa shape index (κ2) is 10.4. The second-order valence-corrected chi connectivity index (χ2v) is 9.94. The van der Waals surface area contributed by atoms with Crippen LogP contribution in [0.3, 0.4) is 0 Å². The number of anilines is 1. The summed E-state index contributed by atoms with van der Waals surface area (Å²) in [5.74, 6) is 0.239. The molecule has 4 rings (SSSR count). The van der Waals surface area contributed by atoms with E-state index in [1.54, 1.807) is 30.3 Å². The summed E-state index contributed by atoms with van der Waals surface area (Å²) in [6, 6.07) is 16.7. The highest BCUT2D eigenvalue weighted by Crippen LogP contribution is 2.27. The SMILES string of the molecule is O=C(Cc1cccc(Cl)c1)N[C@@H](Cc1ccc(NS(=O)(=O)[O-])cc1)c1coc(-c2cccs2)n1. The quantitative estimate of drug-likeness (QED) is 0.314. The summed E-state index contributed by atoms with van der Waals surface area (Å²) >= 11 is 7.52. The molecule has 0 bridgehead atoms. The van der Waals surface area contributed by atoms with E-state index in [9.17, 15) is 17.8 Å². The molecule has 1 atom stereocenters. The molecule has 176 valence electrons. The maximum atomic E-state index is 12.8. The van der Waals surface area contributed by atoms with Gasteiger partial charge in [0.15, 0.2) is 10.3 Å². The molecule has 0 aliphatic rings. The van der Waals surface area contributed by atoms with Crippen LogP contribution in [0.1, 0.15) is 22.9 Å². The third-order valence-corrected chi connectivity index (χ3v) is 6.42. The topological polar surface area (TPSA) is 124 Å². The van der Waals surface area contributed by atoms with Crippen molar-refractivity contribution in [3.05, 3.63) is 94.2 Å². The molecule has 1 amide bonds. The molecule has 0 fully saturated rings. The molecule has 2 aromatic carbocycles. The van der Waals surface area contributed by atoms with Crippen molar-refractivity contribution in [3.63, 3.8) is 0 Å². The van der Waals surface area contributed by atoms with Crippen LogP contribution >= 0.6 is 22.9 Å². The summed E-state index contributed by atoms with van der Waals surface area (Å²) in [4.78, 5) is 18.3. The predicted molar refractivity (Wildman–Crippen MR) is 129 cm³/mol. The Morgan fingerprint density at radius 3 is 2.59 bits per heavy atom. The van der Waals surface area contributed by atoms with Crippen LogP contribution in [0.25, 0.3) is 10.8 Å². The Labute approximate surface area is 205 Å². The summed E-state index contributed by atoms with van der Waals surface area (Å²) in [6.07, 6.45) is 2.01. The molecule has 0 saturated heterocycles. The van der Waals surface area contributed by atoms with E-state index in [4.69, 9.17) is 16.0 Å². The molecule has 0 unspecified atom stereocenters. The average Bonchev–Trinajstić information content (AvgIpc) is 3.46. The van der Waals surface area contributed by atoms with E-state index in [1.165, 1.54) is 29.7 Å². The van der Waals surface area contributed by atoms with Gasteiger partial charge in [-0.05, 0) is 53.3 Å². The average molecular weight is 517 g/mol. The number of thiophene rings is 1. The first-order valence-electron chi connectivity index (χ1n) is 10.1. The fourth-order valence-corrected chi connectivity index (χ4v) is 4.65. The number of carbonyl (C=O) groups excluding carboxylic acids is 1. The molecule has 0 radical (unpaired) electrons. The van der Waals surface area contributed by atoms with Gasteiger partial charge in [-0.25, -0.2) is 13.4 Å². The van der Waals surface area contributed by atoms with Crippen LogP contribution in [0.4, 0.5) is 5.69 Å². The van der Waals surface area contributed by atoms with Crippen molar-refractivity contribution < 1.29 is 22.2 Å². The number of oxazole rings is 1. The molecule has 0 spiro atoms. The number of nitrogens with one attached hydrogen (secondary N) is 2.